The lowest BCUT2D eigenvalue weighted by Crippen LogP contribution is -2.69. The Morgan fingerprint density at radius 1 is 0.520 bits per heavy atom. The van der Waals surface area contributed by atoms with Crippen molar-refractivity contribution in [2.45, 2.75) is 144 Å². The van der Waals surface area contributed by atoms with Crippen molar-refractivity contribution in [1.82, 2.24) is 16.0 Å². The van der Waals surface area contributed by atoms with Crippen LogP contribution in [0.1, 0.15) is 59.4 Å². The van der Waals surface area contributed by atoms with Crippen molar-refractivity contribution < 1.29 is 95.7 Å². The van der Waals surface area contributed by atoms with E-state index >= 15 is 0 Å². The summed E-state index contributed by atoms with van der Waals surface area (Å²) < 4.78 is 92.7. The smallest absolute Gasteiger partial charge is 0.407 e. The van der Waals surface area contributed by atoms with E-state index in [1.165, 1.54) is 21.0 Å². The average molecular weight is 1340 g/mol. The van der Waals surface area contributed by atoms with Crippen LogP contribution in [-0.4, -0.2) is 172 Å². The van der Waals surface area contributed by atoms with Crippen LogP contribution < -0.4 is 20.7 Å². The maximum Gasteiger partial charge on any atom is 0.407 e. The molecule has 516 valence electrons. The molecule has 7 aromatic carbocycles. The maximum absolute atomic E-state index is 13.6. The minimum atomic E-state index is -1.71. The molecule has 3 amide bonds. The predicted molar refractivity (Wildman–Crippen MR) is 351 cm³/mol. The summed E-state index contributed by atoms with van der Waals surface area (Å²) in [5, 5.41) is 31.2. The molecule has 0 bridgehead atoms. The number of carbonyl (C=O) groups is 4. The lowest BCUT2D eigenvalue weighted by atomic mass is 9.94. The molecule has 0 saturated carbocycles. The fourth-order valence-electron chi connectivity index (χ4n) is 13.1. The fraction of sp³-hybridized carbons (Fsp3) is 0.387. The fourth-order valence-corrected chi connectivity index (χ4v) is 13.1. The van der Waals surface area contributed by atoms with Gasteiger partial charge in [0.2, 0.25) is 11.8 Å². The van der Waals surface area contributed by atoms with Crippen LogP contribution >= 0.6 is 0 Å². The number of aliphatic hydroxyl groups excluding tert-OH is 1. The Hall–Kier alpha value is -8.50. The van der Waals surface area contributed by atoms with Gasteiger partial charge in [-0.1, -0.05) is 188 Å². The molecule has 4 heterocycles. The third-order valence-corrected chi connectivity index (χ3v) is 17.8. The van der Waals surface area contributed by atoms with Crippen molar-refractivity contribution in [3.05, 3.63) is 234 Å². The highest BCUT2D eigenvalue weighted by molar-refractivity contribution is 5.81. The molecule has 17 atom stereocenters. The van der Waals surface area contributed by atoms with Crippen molar-refractivity contribution in [3.8, 4) is 16.9 Å². The van der Waals surface area contributed by atoms with E-state index in [-0.39, 0.29) is 45.6 Å². The number of carbonyl (C=O) groups excluding carboxylic acids is 3. The second-order valence-electron chi connectivity index (χ2n) is 24.5. The Labute approximate surface area is 567 Å². The van der Waals surface area contributed by atoms with E-state index in [9.17, 15) is 29.4 Å². The normalized spacial score (nSPS) is 27.6. The number of methoxy groups -OCH3 is 1. The van der Waals surface area contributed by atoms with Gasteiger partial charge >= 0.3 is 12.1 Å². The minimum Gasteiger partial charge on any atom is -0.491 e. The van der Waals surface area contributed by atoms with Gasteiger partial charge in [0.25, 0.3) is 0 Å². The summed E-state index contributed by atoms with van der Waals surface area (Å²) >= 11 is 0. The van der Waals surface area contributed by atoms with Gasteiger partial charge < -0.3 is 92.5 Å². The Balaban J connectivity index is 0.815. The Morgan fingerprint density at radius 3 is 1.60 bits per heavy atom. The topological polar surface area (TPSA) is 274 Å². The molecule has 4 fully saturated rings. The van der Waals surface area contributed by atoms with Gasteiger partial charge in [-0.2, -0.15) is 0 Å². The first-order chi connectivity index (χ1) is 47.8. The van der Waals surface area contributed by atoms with Crippen molar-refractivity contribution in [2.75, 3.05) is 40.1 Å². The molecular weight excluding hydrogens is 1260 g/mol. The largest absolute Gasteiger partial charge is 0.491 e. The van der Waals surface area contributed by atoms with Crippen LogP contribution in [0.15, 0.2) is 200 Å². The number of amides is 3. The zero-order valence-corrected chi connectivity index (χ0v) is 54.3. The summed E-state index contributed by atoms with van der Waals surface area (Å²) in [6.07, 6.45) is -17.1. The molecule has 5 aliphatic rings. The summed E-state index contributed by atoms with van der Waals surface area (Å²) in [5.74, 6) is -2.35. The molecule has 4 saturated heterocycles. The molecule has 0 spiro atoms. The Kier molecular flexibility index (Phi) is 23.6. The molecule has 98 heavy (non-hydrogen) atoms. The molecule has 4 aliphatic heterocycles. The molecule has 4 unspecified atom stereocenters. The van der Waals surface area contributed by atoms with E-state index in [0.29, 0.717) is 5.75 Å². The van der Waals surface area contributed by atoms with Crippen molar-refractivity contribution in [2.24, 2.45) is 0 Å². The van der Waals surface area contributed by atoms with Gasteiger partial charge in [0.05, 0.1) is 39.6 Å². The molecule has 23 heteroatoms. The molecule has 0 radical (unpaired) electrons. The Morgan fingerprint density at radius 2 is 1.03 bits per heavy atom. The lowest BCUT2D eigenvalue weighted by Gasteiger charge is -2.51. The summed E-state index contributed by atoms with van der Waals surface area (Å²) in [6, 6.07) is 58.5. The van der Waals surface area contributed by atoms with Gasteiger partial charge in [-0.25, -0.2) is 9.59 Å². The number of para-hydroxylation sites is 1. The predicted octanol–water partition coefficient (Wildman–Crippen LogP) is 7.91. The summed E-state index contributed by atoms with van der Waals surface area (Å²) in [4.78, 5) is 53.2. The van der Waals surface area contributed by atoms with Crippen molar-refractivity contribution >= 4 is 23.9 Å². The van der Waals surface area contributed by atoms with E-state index < -0.39 is 141 Å². The number of aliphatic carboxylic acids is 1. The number of ether oxygens (including phenoxy) is 14. The Bertz CT molecular complexity index is 3650. The van der Waals surface area contributed by atoms with Gasteiger partial charge in [0.15, 0.2) is 31.2 Å². The third kappa shape index (κ3) is 17.1. The quantitative estimate of drug-likeness (QED) is 0.0312. The van der Waals surface area contributed by atoms with Crippen LogP contribution in [-0.2, 0) is 95.8 Å². The van der Waals surface area contributed by atoms with Crippen LogP contribution in [0.3, 0.4) is 0 Å². The lowest BCUT2D eigenvalue weighted by molar-refractivity contribution is -0.391. The van der Waals surface area contributed by atoms with Crippen LogP contribution in [0.2, 0.25) is 0 Å². The van der Waals surface area contributed by atoms with Crippen LogP contribution in [0.5, 0.6) is 5.75 Å². The standard InChI is InChI=1S/C75H81N3O20/c1-45(79)76-61-66(87-37-47-23-9-4-10-24-47)63(81)58(94-72(61)90-41-57(70(82)83)78-75(84)93-40-56-54-35-21-19-33-52(54)53-34-20-22-36-55(53)56)42-92-73-62(77-46(2)80)67(85-3)64(59(95-73)43-86-51-31-17-8-18-32-51)98-74-69(89-39-49-27-13-6-14-28-49)68(88-38-48-25-11-5-12-26-48)65-60(96-74)44-91-71(97-65)50-29-15-7-16-30-50/h4-36,56-69,71-74,81H,37-44H2,1-3H3,(H,76,79)(H,77,80)(H,78,84)(H,82,83)/t57?,58-,59-,60?,61-,62-,63+,64-,65?,66-,67-,68+,69-,71?,72+,73+,74+/m1/s1. The number of fused-ring (bicyclic) bond motifs is 4. The number of benzene rings is 7. The second kappa shape index (κ2) is 33.4. The SMILES string of the molecule is CO[C@@H]1[C@@H](NC(C)=O)[C@@H](OC[C@H]2O[C@H](OCC(NC(=O)OCC3c4ccccc4-c4ccccc43)C(=O)O)[C@H](NC(C)=O)[C@@H](OCc3ccccc3)[C@H]2O)O[C@H](COc2ccccc2)[C@H]1O[C@@H]1OC2COC(c3ccccc3)OC2[C@H](OCc2ccccc2)[C@H]1OCc1ccccc1. The minimum absolute atomic E-state index is 0.0607. The number of carboxylic acids is 1. The first-order valence-electron chi connectivity index (χ1n) is 32.8. The summed E-state index contributed by atoms with van der Waals surface area (Å²) in [7, 11) is 1.45. The van der Waals surface area contributed by atoms with E-state index in [4.69, 9.17) is 66.3 Å². The van der Waals surface area contributed by atoms with Gasteiger partial charge in [-0.05, 0) is 51.1 Å². The number of hydrogen-bond donors (Lipinski definition) is 5. The van der Waals surface area contributed by atoms with Crippen LogP contribution in [0, 0.1) is 0 Å². The highest BCUT2D eigenvalue weighted by atomic mass is 16.8. The summed E-state index contributed by atoms with van der Waals surface area (Å²) in [6.45, 7) is 1.36. The van der Waals surface area contributed by atoms with Gasteiger partial charge in [0, 0.05) is 32.4 Å². The second-order valence-corrected chi connectivity index (χ2v) is 24.5. The van der Waals surface area contributed by atoms with E-state index in [1.807, 2.05) is 188 Å². The number of rotatable bonds is 28. The van der Waals surface area contributed by atoms with Crippen LogP contribution in [0.4, 0.5) is 4.79 Å². The molecular formula is C75H81N3O20. The highest BCUT2D eigenvalue weighted by Crippen LogP contribution is 2.45. The van der Waals surface area contributed by atoms with Crippen molar-refractivity contribution in [1.29, 1.82) is 0 Å². The number of hydrogen-bond acceptors (Lipinski definition) is 19. The van der Waals surface area contributed by atoms with E-state index in [2.05, 4.69) is 16.0 Å². The summed E-state index contributed by atoms with van der Waals surface area (Å²) in [5.41, 5.74) is 7.22. The number of carboxylic acid groups (broad SMARTS) is 1. The monoisotopic (exact) mass is 1340 g/mol. The number of aliphatic hydroxyl groups is 1. The highest BCUT2D eigenvalue weighted by Gasteiger charge is 2.57. The molecule has 5 N–H and O–H groups in total. The van der Waals surface area contributed by atoms with Gasteiger partial charge in [-0.15, -0.1) is 0 Å². The van der Waals surface area contributed by atoms with Gasteiger partial charge in [-0.3, -0.25) is 9.59 Å². The molecule has 1 aliphatic carbocycles. The molecule has 23 nitrogen and oxygen atoms in total. The molecule has 12 rings (SSSR count). The first-order valence-corrected chi connectivity index (χ1v) is 32.8. The number of nitrogens with one attached hydrogen (secondary N) is 3. The molecule has 7 aromatic rings. The van der Waals surface area contributed by atoms with E-state index in [0.717, 1.165) is 44.5 Å². The molecule has 0 aromatic heterocycles. The van der Waals surface area contributed by atoms with Crippen LogP contribution in [0.25, 0.3) is 11.1 Å². The first kappa shape index (κ1) is 69.4. The number of alkyl carbamates (subject to hydrolysis) is 1. The zero-order chi connectivity index (χ0) is 67.9. The average Bonchev–Trinajstić information content (AvgIpc) is 0.896. The van der Waals surface area contributed by atoms with E-state index in [1.54, 1.807) is 12.1 Å². The van der Waals surface area contributed by atoms with Gasteiger partial charge in [0.1, 0.15) is 92.1 Å². The zero-order valence-electron chi connectivity index (χ0n) is 54.3. The maximum atomic E-state index is 13.6. The third-order valence-electron chi connectivity index (χ3n) is 17.8. The van der Waals surface area contributed by atoms with Crippen molar-refractivity contribution in [3.63, 3.8) is 0 Å².